The van der Waals surface area contributed by atoms with Crippen LogP contribution in [0.15, 0.2) is 24.3 Å². The lowest BCUT2D eigenvalue weighted by atomic mass is 9.68. The van der Waals surface area contributed by atoms with Gasteiger partial charge in [0.1, 0.15) is 5.92 Å². The molecule has 6 heteroatoms. The normalized spacial score (nSPS) is 35.1. The first-order valence-corrected chi connectivity index (χ1v) is 10.2. The predicted octanol–water partition coefficient (Wildman–Crippen LogP) is 2.88. The van der Waals surface area contributed by atoms with Crippen molar-refractivity contribution in [2.45, 2.75) is 38.2 Å². The molecule has 150 valence electrons. The molecule has 3 aliphatic heterocycles. The number of benzene rings is 1. The van der Waals surface area contributed by atoms with Gasteiger partial charge in [0.15, 0.2) is 6.29 Å². The quantitative estimate of drug-likeness (QED) is 0.807. The van der Waals surface area contributed by atoms with Crippen molar-refractivity contribution in [2.75, 3.05) is 27.3 Å². The summed E-state index contributed by atoms with van der Waals surface area (Å²) in [5.41, 5.74) is 3.96. The number of carbonyl (C=O) groups excluding carboxylic acids is 1. The molecule has 2 saturated heterocycles. The summed E-state index contributed by atoms with van der Waals surface area (Å²) < 4.78 is 16.8. The third-order valence-electron chi connectivity index (χ3n) is 7.17. The van der Waals surface area contributed by atoms with Crippen molar-refractivity contribution in [3.63, 3.8) is 0 Å². The van der Waals surface area contributed by atoms with E-state index in [2.05, 4.69) is 41.1 Å². The van der Waals surface area contributed by atoms with Gasteiger partial charge < -0.3 is 19.2 Å². The van der Waals surface area contributed by atoms with E-state index in [4.69, 9.17) is 14.2 Å². The van der Waals surface area contributed by atoms with Crippen molar-refractivity contribution in [1.82, 2.24) is 9.88 Å². The molecule has 0 saturated carbocycles. The number of piperidine rings is 1. The van der Waals surface area contributed by atoms with Gasteiger partial charge in [-0.15, -0.1) is 0 Å². The summed E-state index contributed by atoms with van der Waals surface area (Å²) in [5.74, 6) is -0.125. The molecule has 2 aromatic rings. The van der Waals surface area contributed by atoms with Crippen LogP contribution in [0.25, 0.3) is 10.9 Å². The van der Waals surface area contributed by atoms with Gasteiger partial charge in [0.05, 0.1) is 19.3 Å². The van der Waals surface area contributed by atoms with E-state index in [9.17, 15) is 4.79 Å². The van der Waals surface area contributed by atoms with Crippen LogP contribution in [0.2, 0.25) is 0 Å². The molecule has 0 radical (unpaired) electrons. The van der Waals surface area contributed by atoms with Gasteiger partial charge in [-0.1, -0.05) is 18.2 Å². The topological polar surface area (TPSA) is 63.8 Å². The van der Waals surface area contributed by atoms with Gasteiger partial charge in [-0.3, -0.25) is 9.69 Å². The number of para-hydroxylation sites is 1. The minimum Gasteiger partial charge on any atom is -0.469 e. The van der Waals surface area contributed by atoms with Crippen LogP contribution >= 0.6 is 0 Å². The number of aromatic nitrogens is 1. The number of rotatable bonds is 2. The molecule has 0 aliphatic carbocycles. The molecule has 0 amide bonds. The van der Waals surface area contributed by atoms with Gasteiger partial charge in [0.25, 0.3) is 0 Å². The third kappa shape index (κ3) is 2.62. The van der Waals surface area contributed by atoms with Crippen molar-refractivity contribution in [2.24, 2.45) is 17.8 Å². The Morgan fingerprint density at radius 3 is 2.86 bits per heavy atom. The summed E-state index contributed by atoms with van der Waals surface area (Å²) in [7, 11) is 3.06. The summed E-state index contributed by atoms with van der Waals surface area (Å²) in [6.45, 7) is 4.09. The number of H-pyrrole nitrogens is 1. The van der Waals surface area contributed by atoms with E-state index in [0.29, 0.717) is 12.0 Å². The monoisotopic (exact) mass is 384 g/mol. The summed E-state index contributed by atoms with van der Waals surface area (Å²) in [5, 5.41) is 1.33. The van der Waals surface area contributed by atoms with Crippen LogP contribution in [0.4, 0.5) is 0 Å². The zero-order valence-electron chi connectivity index (χ0n) is 16.7. The van der Waals surface area contributed by atoms with Crippen LogP contribution in [0.1, 0.15) is 30.6 Å². The Bertz CT molecular complexity index is 894. The zero-order chi connectivity index (χ0) is 19.4. The summed E-state index contributed by atoms with van der Waals surface area (Å²) in [4.78, 5) is 18.9. The van der Waals surface area contributed by atoms with Crippen LogP contribution in [0.5, 0.6) is 0 Å². The molecule has 3 aliphatic rings. The average molecular weight is 384 g/mol. The number of aromatic amines is 1. The molecule has 5 rings (SSSR count). The molecule has 1 aromatic carbocycles. The van der Waals surface area contributed by atoms with Crippen LogP contribution in [-0.2, 0) is 25.4 Å². The van der Waals surface area contributed by atoms with Crippen molar-refractivity contribution in [1.29, 1.82) is 0 Å². The minimum atomic E-state index is -0.541. The minimum absolute atomic E-state index is 0.0564. The van der Waals surface area contributed by atoms with E-state index in [1.165, 1.54) is 29.3 Å². The van der Waals surface area contributed by atoms with Crippen molar-refractivity contribution < 1.29 is 19.0 Å². The molecule has 6 atom stereocenters. The molecular formula is C22H28N2O4. The number of hydrogen-bond acceptors (Lipinski definition) is 5. The highest BCUT2D eigenvalue weighted by Crippen LogP contribution is 2.49. The molecular weight excluding hydrogens is 356 g/mol. The lowest BCUT2D eigenvalue weighted by Crippen LogP contribution is -2.58. The highest BCUT2D eigenvalue weighted by molar-refractivity contribution is 5.85. The average Bonchev–Trinajstić information content (AvgIpc) is 3.11. The van der Waals surface area contributed by atoms with Gasteiger partial charge in [0, 0.05) is 42.7 Å². The number of nitrogens with zero attached hydrogens (tertiary/aromatic N) is 1. The number of esters is 1. The Morgan fingerprint density at radius 2 is 2.07 bits per heavy atom. The largest absolute Gasteiger partial charge is 0.469 e. The fourth-order valence-electron chi connectivity index (χ4n) is 5.83. The number of hydrogen-bond donors (Lipinski definition) is 1. The van der Waals surface area contributed by atoms with Crippen LogP contribution in [0, 0.1) is 17.8 Å². The van der Waals surface area contributed by atoms with Crippen LogP contribution in [0.3, 0.4) is 0 Å². The fraction of sp³-hybridized carbons (Fsp3) is 0.591. The van der Waals surface area contributed by atoms with Crippen LogP contribution in [-0.4, -0.2) is 55.6 Å². The molecule has 1 aromatic heterocycles. The maximum Gasteiger partial charge on any atom is 0.314 e. The predicted molar refractivity (Wildman–Crippen MR) is 105 cm³/mol. The fourth-order valence-corrected chi connectivity index (χ4v) is 5.83. The second-order valence-corrected chi connectivity index (χ2v) is 8.38. The van der Waals surface area contributed by atoms with E-state index >= 15 is 0 Å². The van der Waals surface area contributed by atoms with Gasteiger partial charge in [-0.25, -0.2) is 0 Å². The second kappa shape index (κ2) is 6.87. The standard InChI is InChI=1S/C22H28N2O4/c1-12-16-11-24-9-8-14-13-6-4-5-7-17(13)23-20(14)18(24)10-15(16)19(21(25)26-2)22(27-3)28-12/h4-7,12,15-16,18-19,22-23H,8-11H2,1-3H3/t12-,15+,16-,18+,19+,22-/m1/s1. The van der Waals surface area contributed by atoms with Crippen molar-refractivity contribution in [3.8, 4) is 0 Å². The molecule has 0 bridgehead atoms. The number of methoxy groups -OCH3 is 2. The van der Waals surface area contributed by atoms with Crippen molar-refractivity contribution in [3.05, 3.63) is 35.5 Å². The highest BCUT2D eigenvalue weighted by atomic mass is 16.7. The SMILES string of the molecule is COC(=O)[C@H]1[C@H](OC)O[C@H](C)[C@H]2CN3CCc4c([nH]c5ccccc45)[C@@H]3C[C@@H]21. The lowest BCUT2D eigenvalue weighted by molar-refractivity contribution is -0.255. The number of carbonyl (C=O) groups is 1. The Morgan fingerprint density at radius 1 is 1.25 bits per heavy atom. The summed E-state index contributed by atoms with van der Waals surface area (Å²) >= 11 is 0. The number of ether oxygens (including phenoxy) is 3. The highest BCUT2D eigenvalue weighted by Gasteiger charge is 2.53. The van der Waals surface area contributed by atoms with Crippen LogP contribution < -0.4 is 0 Å². The van der Waals surface area contributed by atoms with E-state index in [-0.39, 0.29) is 23.9 Å². The van der Waals surface area contributed by atoms with Gasteiger partial charge in [-0.05, 0) is 37.3 Å². The van der Waals surface area contributed by atoms with Gasteiger partial charge in [0.2, 0.25) is 0 Å². The molecule has 0 spiro atoms. The summed E-state index contributed by atoms with van der Waals surface area (Å²) in [6, 6.07) is 8.85. The Labute approximate surface area is 165 Å². The maximum absolute atomic E-state index is 12.6. The molecule has 6 nitrogen and oxygen atoms in total. The Hall–Kier alpha value is -1.89. The third-order valence-corrected chi connectivity index (χ3v) is 7.17. The van der Waals surface area contributed by atoms with Gasteiger partial charge in [-0.2, -0.15) is 0 Å². The first-order chi connectivity index (χ1) is 13.6. The maximum atomic E-state index is 12.6. The molecule has 2 fully saturated rings. The number of nitrogens with one attached hydrogen (secondary N) is 1. The van der Waals surface area contributed by atoms with Crippen molar-refractivity contribution >= 4 is 16.9 Å². The molecule has 28 heavy (non-hydrogen) atoms. The summed E-state index contributed by atoms with van der Waals surface area (Å²) in [6.07, 6.45) is 1.49. The second-order valence-electron chi connectivity index (χ2n) is 8.38. The van der Waals surface area contributed by atoms with Gasteiger partial charge >= 0.3 is 5.97 Å². The molecule has 0 unspecified atom stereocenters. The van der Waals surface area contributed by atoms with E-state index in [1.807, 2.05) is 0 Å². The molecule has 4 heterocycles. The smallest absolute Gasteiger partial charge is 0.314 e. The van der Waals surface area contributed by atoms with E-state index in [1.54, 1.807) is 7.11 Å². The zero-order valence-corrected chi connectivity index (χ0v) is 16.7. The Balaban J connectivity index is 1.53. The van der Waals surface area contributed by atoms with E-state index in [0.717, 1.165) is 25.9 Å². The van der Waals surface area contributed by atoms with E-state index < -0.39 is 6.29 Å². The first kappa shape index (κ1) is 18.2. The lowest BCUT2D eigenvalue weighted by Gasteiger charge is -2.53. The molecule has 1 N–H and O–H groups in total. The number of fused-ring (bicyclic) bond motifs is 6. The first-order valence-electron chi connectivity index (χ1n) is 10.2. The Kier molecular flexibility index (Phi) is 4.45.